The van der Waals surface area contributed by atoms with Crippen LogP contribution in [0.15, 0.2) is 48.5 Å². The summed E-state index contributed by atoms with van der Waals surface area (Å²) in [6.07, 6.45) is 0. The van der Waals surface area contributed by atoms with E-state index in [4.69, 9.17) is 11.6 Å². The third kappa shape index (κ3) is 4.66. The first kappa shape index (κ1) is 21.8. The van der Waals surface area contributed by atoms with E-state index < -0.39 is 5.97 Å². The predicted octanol–water partition coefficient (Wildman–Crippen LogP) is -0.553. The summed E-state index contributed by atoms with van der Waals surface area (Å²) in [5.41, 5.74) is 1.15. The zero-order chi connectivity index (χ0) is 18.8. The number of anilines is 1. The second-order valence-corrected chi connectivity index (χ2v) is 7.06. The molecule has 5 nitrogen and oxygen atoms in total. The predicted molar refractivity (Wildman–Crippen MR) is 99.5 cm³/mol. The van der Waals surface area contributed by atoms with Crippen LogP contribution in [0.2, 0.25) is 5.02 Å². The average molecular weight is 395 g/mol. The first-order valence-corrected chi connectivity index (χ1v) is 8.90. The van der Waals surface area contributed by atoms with Crippen LogP contribution < -0.4 is 39.6 Å². The van der Waals surface area contributed by atoms with Crippen molar-refractivity contribution >= 4 is 29.2 Å². The molecule has 0 saturated carbocycles. The van der Waals surface area contributed by atoms with Gasteiger partial charge in [-0.2, -0.15) is 0 Å². The maximum atomic E-state index is 12.9. The first-order chi connectivity index (χ1) is 12.4. The summed E-state index contributed by atoms with van der Waals surface area (Å²) in [6.45, 7) is 5.12. The number of carboxylic acids is 1. The fraction of sp³-hybridized carbons (Fsp3) is 0.300. The number of aromatic carboxylic acids is 1. The molecule has 0 bridgehead atoms. The quantitative estimate of drug-likeness (QED) is 0.655. The van der Waals surface area contributed by atoms with Gasteiger partial charge < -0.3 is 19.7 Å². The van der Waals surface area contributed by atoms with E-state index in [1.165, 1.54) is 12.1 Å². The van der Waals surface area contributed by atoms with Crippen molar-refractivity contribution in [3.05, 3.63) is 64.7 Å². The molecule has 1 fully saturated rings. The van der Waals surface area contributed by atoms with Crippen LogP contribution in [0.4, 0.5) is 5.69 Å². The number of rotatable bonds is 3. The number of nitrogens with zero attached hydrogens (tertiary/aromatic N) is 2. The molecule has 2 aromatic rings. The van der Waals surface area contributed by atoms with Crippen molar-refractivity contribution < 1.29 is 44.3 Å². The number of hydrogen-bond acceptors (Lipinski definition) is 4. The molecule has 136 valence electrons. The molecule has 1 aliphatic rings. The van der Waals surface area contributed by atoms with Gasteiger partial charge in [0.2, 0.25) is 0 Å². The Labute approximate surface area is 186 Å². The topological polar surface area (TPSA) is 63.7 Å². The van der Waals surface area contributed by atoms with E-state index in [0.29, 0.717) is 18.1 Å². The summed E-state index contributed by atoms with van der Waals surface area (Å²) in [5.74, 6) is -1.62. The number of amides is 1. The van der Waals surface area contributed by atoms with Crippen LogP contribution in [0.3, 0.4) is 0 Å². The molecule has 1 heterocycles. The molecule has 0 radical (unpaired) electrons. The molecule has 2 aromatic carbocycles. The van der Waals surface area contributed by atoms with E-state index in [1.54, 1.807) is 17.0 Å². The molecular weight excluding hydrogens is 375 g/mol. The van der Waals surface area contributed by atoms with E-state index in [9.17, 15) is 14.7 Å². The Morgan fingerprint density at radius 1 is 0.963 bits per heavy atom. The minimum atomic E-state index is -1.34. The molecule has 27 heavy (non-hydrogen) atoms. The Balaban J connectivity index is 0.00000261. The minimum Gasteiger partial charge on any atom is -0.545 e. The Morgan fingerprint density at radius 3 is 2.00 bits per heavy atom. The van der Waals surface area contributed by atoms with Crippen LogP contribution in [-0.4, -0.2) is 41.9 Å². The van der Waals surface area contributed by atoms with Crippen molar-refractivity contribution in [3.63, 3.8) is 0 Å². The fourth-order valence-corrected chi connectivity index (χ4v) is 3.75. The normalized spacial score (nSPS) is 19.4. The van der Waals surface area contributed by atoms with Crippen molar-refractivity contribution in [2.24, 2.45) is 0 Å². The third-order valence-corrected chi connectivity index (χ3v) is 4.96. The largest absolute Gasteiger partial charge is 1.00 e. The van der Waals surface area contributed by atoms with Gasteiger partial charge >= 0.3 is 29.6 Å². The van der Waals surface area contributed by atoms with Gasteiger partial charge in [0.05, 0.1) is 5.97 Å². The van der Waals surface area contributed by atoms with Crippen LogP contribution in [-0.2, 0) is 0 Å². The number of hydrogen-bond donors (Lipinski definition) is 0. The Morgan fingerprint density at radius 2 is 1.48 bits per heavy atom. The van der Waals surface area contributed by atoms with E-state index in [1.807, 2.05) is 24.3 Å². The minimum absolute atomic E-state index is 0. The second-order valence-electron chi connectivity index (χ2n) is 6.62. The van der Waals surface area contributed by atoms with Crippen molar-refractivity contribution in [2.75, 3.05) is 18.0 Å². The molecule has 1 saturated heterocycles. The molecule has 0 spiro atoms. The molecule has 0 aromatic heterocycles. The van der Waals surface area contributed by atoms with Gasteiger partial charge in [-0.3, -0.25) is 4.79 Å². The monoisotopic (exact) mass is 394 g/mol. The number of halogens is 1. The van der Waals surface area contributed by atoms with Gasteiger partial charge in [0.25, 0.3) is 5.91 Å². The van der Waals surface area contributed by atoms with Crippen LogP contribution in [0.1, 0.15) is 34.6 Å². The number of carboxylic acid groups (broad SMARTS) is 1. The van der Waals surface area contributed by atoms with E-state index in [0.717, 1.165) is 5.69 Å². The first-order valence-electron chi connectivity index (χ1n) is 8.52. The van der Waals surface area contributed by atoms with Crippen LogP contribution >= 0.6 is 11.6 Å². The number of carbonyl (C=O) groups excluding carboxylic acids is 2. The van der Waals surface area contributed by atoms with E-state index in [2.05, 4.69) is 18.7 Å². The van der Waals surface area contributed by atoms with Gasteiger partial charge in [0, 0.05) is 47.0 Å². The third-order valence-electron chi connectivity index (χ3n) is 4.71. The summed E-state index contributed by atoms with van der Waals surface area (Å²) >= 11 is 5.97. The number of carbonyl (C=O) groups is 2. The van der Waals surface area contributed by atoms with Crippen molar-refractivity contribution in [2.45, 2.75) is 25.9 Å². The van der Waals surface area contributed by atoms with Gasteiger partial charge in [0.15, 0.2) is 0 Å². The van der Waals surface area contributed by atoms with Gasteiger partial charge in [0.1, 0.15) is 0 Å². The summed E-state index contributed by atoms with van der Waals surface area (Å²) in [6, 6.07) is 14.0. The smallest absolute Gasteiger partial charge is 0.545 e. The summed E-state index contributed by atoms with van der Waals surface area (Å²) in [5, 5.41) is 12.0. The molecule has 2 unspecified atom stereocenters. The molecule has 0 N–H and O–H groups in total. The van der Waals surface area contributed by atoms with Crippen LogP contribution in [0.25, 0.3) is 0 Å². The zero-order valence-corrected chi connectivity index (χ0v) is 18.4. The summed E-state index contributed by atoms with van der Waals surface area (Å²) in [7, 11) is 0. The van der Waals surface area contributed by atoms with Crippen molar-refractivity contribution in [3.8, 4) is 0 Å². The number of benzene rings is 2. The molecule has 0 aliphatic carbocycles. The SMILES string of the molecule is CC1CN(C(=O)c2ccccc2C(=O)[O-])CC(C)N1c1ccc(Cl)cc1.[Na+]. The Bertz CT molecular complexity index is 816. The molecule has 1 amide bonds. The molecule has 1 aliphatic heterocycles. The maximum Gasteiger partial charge on any atom is 1.00 e. The zero-order valence-electron chi connectivity index (χ0n) is 15.7. The fourth-order valence-electron chi connectivity index (χ4n) is 3.63. The van der Waals surface area contributed by atoms with Gasteiger partial charge in [-0.15, -0.1) is 0 Å². The van der Waals surface area contributed by atoms with Crippen LogP contribution in [0.5, 0.6) is 0 Å². The Kier molecular flexibility index (Phi) is 7.34. The number of piperazine rings is 1. The van der Waals surface area contributed by atoms with E-state index >= 15 is 0 Å². The Hall–Kier alpha value is -1.53. The summed E-state index contributed by atoms with van der Waals surface area (Å²) < 4.78 is 0. The van der Waals surface area contributed by atoms with Crippen molar-refractivity contribution in [1.82, 2.24) is 4.90 Å². The molecular formula is C20H20ClN2NaO3. The van der Waals surface area contributed by atoms with Crippen molar-refractivity contribution in [1.29, 1.82) is 0 Å². The molecule has 7 heteroatoms. The van der Waals surface area contributed by atoms with Crippen LogP contribution in [0, 0.1) is 0 Å². The van der Waals surface area contributed by atoms with E-state index in [-0.39, 0.29) is 58.7 Å². The van der Waals surface area contributed by atoms with Gasteiger partial charge in [-0.1, -0.05) is 29.8 Å². The molecule has 3 rings (SSSR count). The summed E-state index contributed by atoms with van der Waals surface area (Å²) in [4.78, 5) is 28.2. The standard InChI is InChI=1S/C20H21ClN2O3.Na/c1-13-11-22(19(24)17-5-3-4-6-18(17)20(25)26)12-14(2)23(13)16-9-7-15(21)8-10-16;/h3-10,13-14H,11-12H2,1-2H3,(H,25,26);/q;+1/p-1. The van der Waals surface area contributed by atoms with Gasteiger partial charge in [-0.25, -0.2) is 0 Å². The second kappa shape index (κ2) is 9.11. The average Bonchev–Trinajstić information content (AvgIpc) is 2.62. The van der Waals surface area contributed by atoms with Gasteiger partial charge in [-0.05, 0) is 44.2 Å². The maximum absolute atomic E-state index is 12.9. The molecule has 2 atom stereocenters.